The third kappa shape index (κ3) is 5.70. The normalized spacial score (nSPS) is 10.1. The molecular formula is C19H20N2O7. The number of amides is 1. The van der Waals surface area contributed by atoms with Gasteiger partial charge in [0.05, 0.1) is 25.6 Å². The van der Waals surface area contributed by atoms with E-state index >= 15 is 0 Å². The number of nitrogens with one attached hydrogen (secondary N) is 1. The standard InChI is InChI=1S/C19H20N2O7/c1-26-16-8-7-13(9-17(16)27-2)11-20-18(22)12-28-19(23)10-14-5-3-4-6-15(14)21(24)25/h3-9H,10-12H2,1-2H3,(H,20,22). The molecule has 0 saturated carbocycles. The lowest BCUT2D eigenvalue weighted by Crippen LogP contribution is -2.28. The van der Waals surface area contributed by atoms with Crippen LogP contribution >= 0.6 is 0 Å². The maximum atomic E-state index is 11.9. The van der Waals surface area contributed by atoms with E-state index in [0.717, 1.165) is 5.56 Å². The van der Waals surface area contributed by atoms with Crippen LogP contribution in [0.25, 0.3) is 0 Å². The van der Waals surface area contributed by atoms with Crippen molar-refractivity contribution in [3.8, 4) is 11.5 Å². The molecule has 148 valence electrons. The summed E-state index contributed by atoms with van der Waals surface area (Å²) in [6.45, 7) is -0.270. The number of hydrogen-bond acceptors (Lipinski definition) is 7. The van der Waals surface area contributed by atoms with Gasteiger partial charge in [-0.15, -0.1) is 0 Å². The Morgan fingerprint density at radius 3 is 2.46 bits per heavy atom. The highest BCUT2D eigenvalue weighted by molar-refractivity contribution is 5.81. The monoisotopic (exact) mass is 388 g/mol. The third-order valence-corrected chi connectivity index (χ3v) is 3.82. The molecule has 0 aliphatic heterocycles. The van der Waals surface area contributed by atoms with E-state index in [1.165, 1.54) is 32.4 Å². The fraction of sp³-hybridized carbons (Fsp3) is 0.263. The Morgan fingerprint density at radius 2 is 1.79 bits per heavy atom. The molecule has 0 aliphatic carbocycles. The quantitative estimate of drug-likeness (QED) is 0.397. The fourth-order valence-corrected chi connectivity index (χ4v) is 2.43. The molecule has 28 heavy (non-hydrogen) atoms. The van der Waals surface area contributed by atoms with Gasteiger partial charge in [0.15, 0.2) is 18.1 Å². The Hall–Kier alpha value is -3.62. The second-order valence-corrected chi connectivity index (χ2v) is 5.69. The van der Waals surface area contributed by atoms with Crippen molar-refractivity contribution in [2.24, 2.45) is 0 Å². The fourth-order valence-electron chi connectivity index (χ4n) is 2.43. The first-order valence-electron chi connectivity index (χ1n) is 8.30. The van der Waals surface area contributed by atoms with E-state index in [0.29, 0.717) is 11.5 Å². The number of methoxy groups -OCH3 is 2. The lowest BCUT2D eigenvalue weighted by molar-refractivity contribution is -0.385. The molecule has 0 unspecified atom stereocenters. The van der Waals surface area contributed by atoms with Gasteiger partial charge in [0.25, 0.3) is 11.6 Å². The molecule has 2 aromatic carbocycles. The average molecular weight is 388 g/mol. The minimum absolute atomic E-state index is 0.169. The number of nitrogens with zero attached hydrogens (tertiary/aromatic N) is 1. The van der Waals surface area contributed by atoms with Crippen LogP contribution in [0.5, 0.6) is 11.5 Å². The van der Waals surface area contributed by atoms with Gasteiger partial charge in [0.1, 0.15) is 0 Å². The summed E-state index contributed by atoms with van der Waals surface area (Å²) in [6, 6.07) is 11.1. The number of hydrogen-bond donors (Lipinski definition) is 1. The van der Waals surface area contributed by atoms with E-state index in [-0.39, 0.29) is 24.2 Å². The minimum atomic E-state index is -0.726. The van der Waals surface area contributed by atoms with Gasteiger partial charge in [-0.05, 0) is 17.7 Å². The highest BCUT2D eigenvalue weighted by Gasteiger charge is 2.17. The number of nitro benzene ring substituents is 1. The van der Waals surface area contributed by atoms with Gasteiger partial charge in [0.2, 0.25) is 0 Å². The van der Waals surface area contributed by atoms with Crippen molar-refractivity contribution in [3.63, 3.8) is 0 Å². The number of esters is 1. The lowest BCUT2D eigenvalue weighted by Gasteiger charge is -2.10. The number of benzene rings is 2. The summed E-state index contributed by atoms with van der Waals surface area (Å²) in [6.07, 6.45) is -0.292. The molecule has 0 radical (unpaired) electrons. The molecule has 0 fully saturated rings. The van der Waals surface area contributed by atoms with Crippen LogP contribution < -0.4 is 14.8 Å². The Labute approximate surface area is 161 Å². The molecule has 0 aromatic heterocycles. The van der Waals surface area contributed by atoms with Crippen molar-refractivity contribution < 1.29 is 28.7 Å². The van der Waals surface area contributed by atoms with Gasteiger partial charge >= 0.3 is 5.97 Å². The van der Waals surface area contributed by atoms with E-state index < -0.39 is 23.4 Å². The van der Waals surface area contributed by atoms with Crippen LogP contribution in [0.1, 0.15) is 11.1 Å². The highest BCUT2D eigenvalue weighted by atomic mass is 16.6. The second-order valence-electron chi connectivity index (χ2n) is 5.69. The molecule has 1 N–H and O–H groups in total. The number of carbonyl (C=O) groups is 2. The molecule has 9 heteroatoms. The lowest BCUT2D eigenvalue weighted by atomic mass is 10.1. The summed E-state index contributed by atoms with van der Waals surface area (Å²) < 4.78 is 15.2. The van der Waals surface area contributed by atoms with Crippen molar-refractivity contribution in [3.05, 3.63) is 63.7 Å². The van der Waals surface area contributed by atoms with E-state index in [1.54, 1.807) is 24.3 Å². The summed E-state index contributed by atoms with van der Waals surface area (Å²) in [5.41, 5.74) is 0.831. The van der Waals surface area contributed by atoms with Crippen LogP contribution in [0.4, 0.5) is 5.69 Å². The molecule has 0 saturated heterocycles. The zero-order valence-corrected chi connectivity index (χ0v) is 15.5. The summed E-state index contributed by atoms with van der Waals surface area (Å²) in [4.78, 5) is 34.1. The third-order valence-electron chi connectivity index (χ3n) is 3.82. The summed E-state index contributed by atoms with van der Waals surface area (Å²) in [5.74, 6) is -0.118. The van der Waals surface area contributed by atoms with Gasteiger partial charge in [-0.3, -0.25) is 19.7 Å². The summed E-state index contributed by atoms with van der Waals surface area (Å²) in [7, 11) is 3.04. The molecule has 0 bridgehead atoms. The van der Waals surface area contributed by atoms with Crippen LogP contribution in [-0.4, -0.2) is 37.6 Å². The zero-order chi connectivity index (χ0) is 20.5. The van der Waals surface area contributed by atoms with Crippen molar-refractivity contribution in [1.29, 1.82) is 0 Å². The maximum Gasteiger partial charge on any atom is 0.311 e. The number of nitro groups is 1. The van der Waals surface area contributed by atoms with E-state index in [9.17, 15) is 19.7 Å². The van der Waals surface area contributed by atoms with Gasteiger partial charge in [-0.1, -0.05) is 24.3 Å². The number of ether oxygens (including phenoxy) is 3. The largest absolute Gasteiger partial charge is 0.493 e. The highest BCUT2D eigenvalue weighted by Crippen LogP contribution is 2.27. The van der Waals surface area contributed by atoms with Crippen LogP contribution in [-0.2, 0) is 27.3 Å². The van der Waals surface area contributed by atoms with Crippen LogP contribution in [0, 0.1) is 10.1 Å². The van der Waals surface area contributed by atoms with Crippen molar-refractivity contribution >= 4 is 17.6 Å². The SMILES string of the molecule is COc1ccc(CNC(=O)COC(=O)Cc2ccccc2[N+](=O)[O-])cc1OC. The van der Waals surface area contributed by atoms with Gasteiger partial charge in [0, 0.05) is 18.2 Å². The first-order chi connectivity index (χ1) is 13.4. The predicted octanol–water partition coefficient (Wildman–Crippen LogP) is 2.01. The van der Waals surface area contributed by atoms with Crippen LogP contribution in [0.2, 0.25) is 0 Å². The smallest absolute Gasteiger partial charge is 0.311 e. The molecular weight excluding hydrogens is 368 g/mol. The predicted molar refractivity (Wildman–Crippen MR) is 99.2 cm³/mol. The second kappa shape index (κ2) is 9.91. The maximum absolute atomic E-state index is 11.9. The van der Waals surface area contributed by atoms with Gasteiger partial charge in [-0.25, -0.2) is 0 Å². The number of para-hydroxylation sites is 1. The molecule has 1 amide bonds. The Morgan fingerprint density at radius 1 is 1.07 bits per heavy atom. The Kier molecular flexibility index (Phi) is 7.32. The van der Waals surface area contributed by atoms with Gasteiger partial charge in [-0.2, -0.15) is 0 Å². The van der Waals surface area contributed by atoms with Crippen LogP contribution in [0.3, 0.4) is 0 Å². The summed E-state index contributed by atoms with van der Waals surface area (Å²) in [5, 5.41) is 13.6. The van der Waals surface area contributed by atoms with E-state index in [4.69, 9.17) is 14.2 Å². The van der Waals surface area contributed by atoms with Crippen molar-refractivity contribution in [2.45, 2.75) is 13.0 Å². The first kappa shape index (κ1) is 20.7. The minimum Gasteiger partial charge on any atom is -0.493 e. The molecule has 0 atom stereocenters. The molecule has 0 spiro atoms. The Balaban J connectivity index is 1.83. The summed E-state index contributed by atoms with van der Waals surface area (Å²) >= 11 is 0. The van der Waals surface area contributed by atoms with Crippen molar-refractivity contribution in [1.82, 2.24) is 5.32 Å². The number of carbonyl (C=O) groups excluding carboxylic acids is 2. The van der Waals surface area contributed by atoms with Crippen LogP contribution in [0.15, 0.2) is 42.5 Å². The molecule has 2 rings (SSSR count). The molecule has 0 aliphatic rings. The molecule has 9 nitrogen and oxygen atoms in total. The zero-order valence-electron chi connectivity index (χ0n) is 15.5. The van der Waals surface area contributed by atoms with Gasteiger partial charge < -0.3 is 19.5 Å². The molecule has 2 aromatic rings. The topological polar surface area (TPSA) is 117 Å². The number of rotatable bonds is 9. The molecule has 0 heterocycles. The van der Waals surface area contributed by atoms with E-state index in [1.807, 2.05) is 0 Å². The average Bonchev–Trinajstić information content (AvgIpc) is 2.70. The Bertz CT molecular complexity index is 867. The van der Waals surface area contributed by atoms with Crippen molar-refractivity contribution in [2.75, 3.05) is 20.8 Å². The van der Waals surface area contributed by atoms with E-state index in [2.05, 4.69) is 5.32 Å². The first-order valence-corrected chi connectivity index (χ1v) is 8.30.